The SMILES string of the molecule is Cc1cc(S(=O)(=O)N2CCN(Cc3ccccc3)CC2)ccc1Br. The fraction of sp³-hybridized carbons (Fsp3) is 0.333. The molecular weight excluding hydrogens is 388 g/mol. The molecule has 128 valence electrons. The highest BCUT2D eigenvalue weighted by atomic mass is 79.9. The number of benzene rings is 2. The van der Waals surface area contributed by atoms with Crippen LogP contribution in [0.4, 0.5) is 0 Å². The highest BCUT2D eigenvalue weighted by Crippen LogP contribution is 2.23. The molecule has 1 aliphatic rings. The maximum atomic E-state index is 12.8. The molecule has 4 nitrogen and oxygen atoms in total. The lowest BCUT2D eigenvalue weighted by atomic mass is 10.2. The van der Waals surface area contributed by atoms with Crippen LogP contribution in [0.2, 0.25) is 0 Å². The minimum atomic E-state index is -3.41. The molecule has 2 aromatic carbocycles. The van der Waals surface area contributed by atoms with Crippen LogP contribution in [-0.4, -0.2) is 43.8 Å². The zero-order valence-electron chi connectivity index (χ0n) is 13.7. The van der Waals surface area contributed by atoms with Gasteiger partial charge in [-0.25, -0.2) is 8.42 Å². The van der Waals surface area contributed by atoms with E-state index in [9.17, 15) is 8.42 Å². The van der Waals surface area contributed by atoms with Gasteiger partial charge in [-0.3, -0.25) is 4.90 Å². The Morgan fingerprint density at radius 2 is 1.67 bits per heavy atom. The predicted molar refractivity (Wildman–Crippen MR) is 99.4 cm³/mol. The normalized spacial score (nSPS) is 17.1. The lowest BCUT2D eigenvalue weighted by molar-refractivity contribution is 0.181. The van der Waals surface area contributed by atoms with Crippen molar-refractivity contribution in [3.05, 3.63) is 64.1 Å². The van der Waals surface area contributed by atoms with Crippen LogP contribution in [0.1, 0.15) is 11.1 Å². The number of nitrogens with zero attached hydrogens (tertiary/aromatic N) is 2. The zero-order chi connectivity index (χ0) is 17.2. The van der Waals surface area contributed by atoms with Crippen LogP contribution in [0.5, 0.6) is 0 Å². The average molecular weight is 409 g/mol. The number of hydrogen-bond donors (Lipinski definition) is 0. The van der Waals surface area contributed by atoms with E-state index in [4.69, 9.17) is 0 Å². The third kappa shape index (κ3) is 3.88. The summed E-state index contributed by atoms with van der Waals surface area (Å²) in [6.07, 6.45) is 0. The van der Waals surface area contributed by atoms with Crippen molar-refractivity contribution in [3.8, 4) is 0 Å². The van der Waals surface area contributed by atoms with E-state index >= 15 is 0 Å². The van der Waals surface area contributed by atoms with Crippen molar-refractivity contribution in [2.45, 2.75) is 18.4 Å². The molecule has 0 spiro atoms. The molecule has 0 aromatic heterocycles. The second-order valence-corrected chi connectivity index (χ2v) is 8.87. The minimum Gasteiger partial charge on any atom is -0.296 e. The van der Waals surface area contributed by atoms with Crippen molar-refractivity contribution in [1.29, 1.82) is 0 Å². The summed E-state index contributed by atoms with van der Waals surface area (Å²) in [5.41, 5.74) is 2.19. The third-order valence-electron chi connectivity index (χ3n) is 4.35. The van der Waals surface area contributed by atoms with Crippen LogP contribution in [0.25, 0.3) is 0 Å². The van der Waals surface area contributed by atoms with E-state index in [0.717, 1.165) is 29.7 Å². The molecule has 1 fully saturated rings. The summed E-state index contributed by atoms with van der Waals surface area (Å²) in [5.74, 6) is 0. The molecule has 0 aliphatic carbocycles. The van der Waals surface area contributed by atoms with Crippen molar-refractivity contribution in [3.63, 3.8) is 0 Å². The van der Waals surface area contributed by atoms with Gasteiger partial charge in [0, 0.05) is 37.2 Å². The number of hydrogen-bond acceptors (Lipinski definition) is 3. The van der Waals surface area contributed by atoms with Crippen LogP contribution in [0, 0.1) is 6.92 Å². The number of rotatable bonds is 4. The van der Waals surface area contributed by atoms with Crippen LogP contribution in [-0.2, 0) is 16.6 Å². The highest BCUT2D eigenvalue weighted by Gasteiger charge is 2.28. The maximum absolute atomic E-state index is 12.8. The van der Waals surface area contributed by atoms with Gasteiger partial charge in [-0.05, 0) is 36.2 Å². The van der Waals surface area contributed by atoms with E-state index in [1.807, 2.05) is 25.1 Å². The molecule has 0 unspecified atom stereocenters. The summed E-state index contributed by atoms with van der Waals surface area (Å²) in [7, 11) is -3.41. The third-order valence-corrected chi connectivity index (χ3v) is 7.13. The Bertz CT molecular complexity index is 801. The molecule has 1 heterocycles. The van der Waals surface area contributed by atoms with E-state index in [1.54, 1.807) is 22.5 Å². The first-order valence-corrected chi connectivity index (χ1v) is 10.2. The van der Waals surface area contributed by atoms with Crippen LogP contribution < -0.4 is 0 Å². The standard InChI is InChI=1S/C18H21BrN2O2S/c1-15-13-17(7-8-18(15)19)24(22,23)21-11-9-20(10-12-21)14-16-5-3-2-4-6-16/h2-8,13H,9-12,14H2,1H3. The molecule has 1 saturated heterocycles. The van der Waals surface area contributed by atoms with Crippen LogP contribution >= 0.6 is 15.9 Å². The number of sulfonamides is 1. The first-order chi connectivity index (χ1) is 11.5. The van der Waals surface area contributed by atoms with Gasteiger partial charge in [-0.15, -0.1) is 0 Å². The minimum absolute atomic E-state index is 0.375. The molecule has 0 atom stereocenters. The first-order valence-electron chi connectivity index (χ1n) is 7.99. The van der Waals surface area contributed by atoms with Crippen LogP contribution in [0.15, 0.2) is 57.9 Å². The second-order valence-electron chi connectivity index (χ2n) is 6.08. The van der Waals surface area contributed by atoms with E-state index < -0.39 is 10.0 Å². The fourth-order valence-corrected chi connectivity index (χ4v) is 4.65. The Morgan fingerprint density at radius 1 is 1.00 bits per heavy atom. The Balaban J connectivity index is 1.66. The first kappa shape index (κ1) is 17.6. The van der Waals surface area contributed by atoms with Crippen molar-refractivity contribution in [2.75, 3.05) is 26.2 Å². The summed E-state index contributed by atoms with van der Waals surface area (Å²) in [6, 6.07) is 15.5. The molecule has 24 heavy (non-hydrogen) atoms. The van der Waals surface area contributed by atoms with Gasteiger partial charge in [-0.2, -0.15) is 4.31 Å². The lowest BCUT2D eigenvalue weighted by Crippen LogP contribution is -2.48. The van der Waals surface area contributed by atoms with Crippen LogP contribution in [0.3, 0.4) is 0 Å². The molecule has 3 rings (SSSR count). The molecule has 1 aliphatic heterocycles. The van der Waals surface area contributed by atoms with Gasteiger partial charge in [-0.1, -0.05) is 46.3 Å². The highest BCUT2D eigenvalue weighted by molar-refractivity contribution is 9.10. The lowest BCUT2D eigenvalue weighted by Gasteiger charge is -2.34. The van der Waals surface area contributed by atoms with Crippen molar-refractivity contribution >= 4 is 26.0 Å². The Morgan fingerprint density at radius 3 is 2.29 bits per heavy atom. The van der Waals surface area contributed by atoms with Gasteiger partial charge >= 0.3 is 0 Å². The molecule has 2 aromatic rings. The summed E-state index contributed by atoms with van der Waals surface area (Å²) in [5, 5.41) is 0. The summed E-state index contributed by atoms with van der Waals surface area (Å²) in [6.45, 7) is 5.34. The molecule has 0 saturated carbocycles. The summed E-state index contributed by atoms with van der Waals surface area (Å²) < 4.78 is 28.1. The van der Waals surface area contributed by atoms with Gasteiger partial charge < -0.3 is 0 Å². The molecule has 0 N–H and O–H groups in total. The Kier molecular flexibility index (Phi) is 5.39. The maximum Gasteiger partial charge on any atom is 0.243 e. The smallest absolute Gasteiger partial charge is 0.243 e. The van der Waals surface area contributed by atoms with Gasteiger partial charge in [0.2, 0.25) is 10.0 Å². The van der Waals surface area contributed by atoms with Gasteiger partial charge in [0.05, 0.1) is 4.90 Å². The average Bonchev–Trinajstić information content (AvgIpc) is 2.58. The van der Waals surface area contributed by atoms with Crippen molar-refractivity contribution in [2.24, 2.45) is 0 Å². The monoisotopic (exact) mass is 408 g/mol. The Hall–Kier alpha value is -1.21. The number of aryl methyl sites for hydroxylation is 1. The van der Waals surface area contributed by atoms with Gasteiger partial charge in [0.25, 0.3) is 0 Å². The van der Waals surface area contributed by atoms with Gasteiger partial charge in [0.15, 0.2) is 0 Å². The summed E-state index contributed by atoms with van der Waals surface area (Å²) in [4.78, 5) is 2.67. The Labute approximate surface area is 152 Å². The van der Waals surface area contributed by atoms with Crippen molar-refractivity contribution < 1.29 is 8.42 Å². The largest absolute Gasteiger partial charge is 0.296 e. The fourth-order valence-electron chi connectivity index (χ4n) is 2.90. The molecule has 0 radical (unpaired) electrons. The second kappa shape index (κ2) is 7.35. The van der Waals surface area contributed by atoms with Crippen molar-refractivity contribution in [1.82, 2.24) is 9.21 Å². The molecule has 0 amide bonds. The van der Waals surface area contributed by atoms with Gasteiger partial charge in [0.1, 0.15) is 0 Å². The molecule has 0 bridgehead atoms. The van der Waals surface area contributed by atoms with E-state index in [-0.39, 0.29) is 0 Å². The van der Waals surface area contributed by atoms with E-state index in [2.05, 4.69) is 33.0 Å². The quantitative estimate of drug-likeness (QED) is 0.779. The predicted octanol–water partition coefficient (Wildman–Crippen LogP) is 3.26. The van der Waals surface area contributed by atoms with E-state index in [1.165, 1.54) is 5.56 Å². The number of piperazine rings is 1. The zero-order valence-corrected chi connectivity index (χ0v) is 16.1. The topological polar surface area (TPSA) is 40.6 Å². The summed E-state index contributed by atoms with van der Waals surface area (Å²) >= 11 is 3.42. The number of halogens is 1. The van der Waals surface area contributed by atoms with E-state index in [0.29, 0.717) is 18.0 Å². The molecule has 6 heteroatoms. The molecular formula is C18H21BrN2O2S.